The molecule has 0 aromatic heterocycles. The predicted octanol–water partition coefficient (Wildman–Crippen LogP) is 3.77. The molecule has 2 bridgehead atoms. The first-order valence-corrected chi connectivity index (χ1v) is 27.1. The fraction of sp³-hybridized carbons (Fsp3) is 0.576. The summed E-state index contributed by atoms with van der Waals surface area (Å²) in [6, 6.07) is 5.27. The van der Waals surface area contributed by atoms with Crippen molar-refractivity contribution in [2.75, 3.05) is 5.73 Å². The summed E-state index contributed by atoms with van der Waals surface area (Å²) >= 11 is 0. The van der Waals surface area contributed by atoms with Gasteiger partial charge in [-0.15, -0.1) is 0 Å². The van der Waals surface area contributed by atoms with Crippen molar-refractivity contribution in [2.45, 2.75) is 190 Å². The van der Waals surface area contributed by atoms with E-state index in [0.29, 0.717) is 17.7 Å². The highest BCUT2D eigenvalue weighted by atomic mass is 16.7. The number of ether oxygens (including phenoxy) is 4. The van der Waals surface area contributed by atoms with Crippen LogP contribution in [0.2, 0.25) is 0 Å². The number of anilines is 1. The van der Waals surface area contributed by atoms with Crippen LogP contribution in [0.5, 0.6) is 0 Å². The number of Topliss-reactive ketones (excluding diaryl/α,β-unsaturated/α-hetero) is 3. The van der Waals surface area contributed by atoms with Crippen LogP contribution in [0.1, 0.15) is 115 Å². The van der Waals surface area contributed by atoms with Crippen LogP contribution in [0.4, 0.5) is 5.69 Å². The van der Waals surface area contributed by atoms with Crippen molar-refractivity contribution >= 4 is 35.0 Å². The molecule has 438 valence electrons. The van der Waals surface area contributed by atoms with Gasteiger partial charge in [-0.05, 0) is 68.7 Å². The SMILES string of the molecule is CC(CC(C)[C@H](O)CC(=O)c1ccc(N)cc1)C1OC(=O)CC(=O)CCCC(=O)C[C@@H](O)C[C@@H](O)C[C@@H](O)CC2(O)CC(O)C(C(=O)O)C(C[C@H](O[C@H]3OC(C)C(O)[C@H](N)[C@H]3O)/C=C/C=C/C=C/C=C/C=C/C=C/C=C/[C@@H]1C)O2. The lowest BCUT2D eigenvalue weighted by atomic mass is 9.82. The van der Waals surface area contributed by atoms with E-state index in [1.807, 2.05) is 26.8 Å². The highest BCUT2D eigenvalue weighted by Crippen LogP contribution is 2.38. The van der Waals surface area contributed by atoms with E-state index in [9.17, 15) is 69.9 Å². The zero-order chi connectivity index (χ0) is 58.4. The normalized spacial score (nSPS) is 36.9. The smallest absolute Gasteiger partial charge is 0.313 e. The monoisotopic (exact) mass is 1110 g/mol. The number of allylic oxidation sites excluding steroid dienone is 12. The number of carbonyl (C=O) groups is 5. The number of nitrogens with two attached hydrogens (primary N) is 2. The Morgan fingerprint density at radius 3 is 1.94 bits per heavy atom. The number of nitrogen functional groups attached to an aromatic ring is 1. The molecule has 0 aliphatic carbocycles. The number of benzene rings is 1. The van der Waals surface area contributed by atoms with E-state index in [2.05, 4.69) is 0 Å². The van der Waals surface area contributed by atoms with Crippen molar-refractivity contribution in [3.8, 4) is 0 Å². The zero-order valence-corrected chi connectivity index (χ0v) is 45.5. The van der Waals surface area contributed by atoms with Crippen LogP contribution in [0.25, 0.3) is 0 Å². The largest absolute Gasteiger partial charge is 0.481 e. The van der Waals surface area contributed by atoms with Crippen LogP contribution in [0.15, 0.2) is 109 Å². The minimum absolute atomic E-state index is 0.0673. The molecule has 0 amide bonds. The van der Waals surface area contributed by atoms with Crippen molar-refractivity contribution in [1.29, 1.82) is 0 Å². The fourth-order valence-corrected chi connectivity index (χ4v) is 10.0. The van der Waals surface area contributed by atoms with Gasteiger partial charge in [0.2, 0.25) is 0 Å². The van der Waals surface area contributed by atoms with E-state index in [0.717, 1.165) is 0 Å². The Morgan fingerprint density at radius 1 is 0.759 bits per heavy atom. The molecule has 4 rings (SSSR count). The number of carbonyl (C=O) groups excluding carboxylic acids is 4. The Bertz CT molecular complexity index is 2330. The maximum atomic E-state index is 13.3. The zero-order valence-electron chi connectivity index (χ0n) is 45.5. The first kappa shape index (κ1) is 66.2. The molecule has 0 spiro atoms. The van der Waals surface area contributed by atoms with Gasteiger partial charge in [0.05, 0.1) is 61.0 Å². The van der Waals surface area contributed by atoms with Crippen LogP contribution in [0, 0.1) is 23.7 Å². The van der Waals surface area contributed by atoms with Gasteiger partial charge in [0.25, 0.3) is 0 Å². The van der Waals surface area contributed by atoms with Crippen LogP contribution in [-0.4, -0.2) is 161 Å². The molecule has 9 unspecified atom stereocenters. The van der Waals surface area contributed by atoms with Crippen LogP contribution >= 0.6 is 0 Å². The number of aliphatic carboxylic acids is 1. The number of carboxylic acid groups (broad SMARTS) is 1. The van der Waals surface area contributed by atoms with Crippen LogP contribution in [0.3, 0.4) is 0 Å². The van der Waals surface area contributed by atoms with Crippen molar-refractivity contribution in [3.63, 3.8) is 0 Å². The van der Waals surface area contributed by atoms with Gasteiger partial charge in [0.1, 0.15) is 36.1 Å². The summed E-state index contributed by atoms with van der Waals surface area (Å²) in [6.45, 7) is 7.07. The molecule has 3 aliphatic rings. The van der Waals surface area contributed by atoms with Gasteiger partial charge in [0, 0.05) is 62.1 Å². The van der Waals surface area contributed by atoms with Gasteiger partial charge >= 0.3 is 11.9 Å². The van der Waals surface area contributed by atoms with Gasteiger partial charge in [-0.3, -0.25) is 24.0 Å². The van der Waals surface area contributed by atoms with E-state index < -0.39 is 147 Å². The second kappa shape index (κ2) is 32.8. The number of rotatable bonds is 10. The van der Waals surface area contributed by atoms with Gasteiger partial charge < -0.3 is 76.4 Å². The molecule has 13 N–H and O–H groups in total. The molecule has 2 fully saturated rings. The summed E-state index contributed by atoms with van der Waals surface area (Å²) in [7, 11) is 0. The summed E-state index contributed by atoms with van der Waals surface area (Å²) in [4.78, 5) is 64.6. The van der Waals surface area contributed by atoms with E-state index in [4.69, 9.17) is 30.4 Å². The maximum absolute atomic E-state index is 13.3. The van der Waals surface area contributed by atoms with Gasteiger partial charge in [-0.25, -0.2) is 0 Å². The Hall–Kier alpha value is -5.33. The summed E-state index contributed by atoms with van der Waals surface area (Å²) < 4.78 is 23.7. The minimum atomic E-state index is -2.32. The molecule has 0 radical (unpaired) electrons. The average molecular weight is 1110 g/mol. The number of aliphatic hydroxyl groups excluding tert-OH is 7. The number of hydrogen-bond donors (Lipinski definition) is 11. The van der Waals surface area contributed by atoms with E-state index >= 15 is 0 Å². The second-order valence-electron chi connectivity index (χ2n) is 21.4. The molecule has 0 saturated carbocycles. The lowest BCUT2D eigenvalue weighted by molar-refractivity contribution is -0.308. The number of aliphatic hydroxyl groups is 8. The van der Waals surface area contributed by atoms with E-state index in [-0.39, 0.29) is 62.1 Å². The van der Waals surface area contributed by atoms with E-state index in [1.54, 1.807) is 97.2 Å². The summed E-state index contributed by atoms with van der Waals surface area (Å²) in [5.41, 5.74) is 12.7. The molecule has 3 heterocycles. The summed E-state index contributed by atoms with van der Waals surface area (Å²) in [5.74, 6) is -8.34. The van der Waals surface area contributed by atoms with Crippen molar-refractivity contribution in [1.82, 2.24) is 0 Å². The topological polar surface area (TPSA) is 356 Å². The molecule has 1 aromatic carbocycles. The first-order chi connectivity index (χ1) is 37.4. The number of hydrogen-bond acceptors (Lipinski definition) is 19. The fourth-order valence-electron chi connectivity index (χ4n) is 10.0. The number of ketones is 3. The molecule has 20 heteroatoms. The van der Waals surface area contributed by atoms with Gasteiger partial charge in [-0.1, -0.05) is 106 Å². The molecule has 1 aromatic rings. The summed E-state index contributed by atoms with van der Waals surface area (Å²) in [5, 5.41) is 97.8. The van der Waals surface area contributed by atoms with Crippen LogP contribution < -0.4 is 11.5 Å². The molecule has 79 heavy (non-hydrogen) atoms. The first-order valence-electron chi connectivity index (χ1n) is 27.1. The average Bonchev–Trinajstić information content (AvgIpc) is 3.38. The third kappa shape index (κ3) is 22.6. The molecular formula is C59H84N2O18. The van der Waals surface area contributed by atoms with Crippen molar-refractivity contribution in [3.05, 3.63) is 115 Å². The van der Waals surface area contributed by atoms with E-state index in [1.165, 1.54) is 13.0 Å². The summed E-state index contributed by atoms with van der Waals surface area (Å²) in [6.07, 6.45) is 5.73. The molecular weight excluding hydrogens is 1020 g/mol. The second-order valence-corrected chi connectivity index (χ2v) is 21.4. The number of cyclic esters (lactones) is 1. The Morgan fingerprint density at radius 2 is 1.33 bits per heavy atom. The number of carboxylic acids is 1. The molecule has 2 saturated heterocycles. The van der Waals surface area contributed by atoms with Crippen molar-refractivity contribution in [2.24, 2.45) is 29.4 Å². The standard InChI is InChI=1S/C59H84N2O18/c1-35-18-15-13-11-9-7-5-6-8-10-12-14-16-21-46(77-58-55(72)53(61)54(71)38(4)76-58)31-50-52(57(73)74)49(69)34-59(75,79-50)33-45(66)29-44(65)28-43(64)27-41(62)19-17-20-42(63)30-51(70)78-56(35)37(3)26-36(2)47(67)32-48(68)39-22-24-40(60)25-23-39/h5-16,18,21-25,35-38,43-47,49-50,52-56,58,64-67,69,71-72,75H,17,19-20,26-34,60-61H2,1-4H3,(H,73,74)/b6-5+,9-7+,10-8+,13-11+,14-12+,18-15+,21-16+/t35-,36?,37?,38?,43+,44+,45+,46+,47+,49?,50?,52?,53-,54?,55+,56?,58+,59?/m0/s1. The Labute approximate surface area is 462 Å². The van der Waals surface area contributed by atoms with Crippen molar-refractivity contribution < 1.29 is 88.9 Å². The Kier molecular flexibility index (Phi) is 27.5. The third-order valence-corrected chi connectivity index (χ3v) is 14.4. The number of esters is 1. The highest BCUT2D eigenvalue weighted by Gasteiger charge is 2.51. The van der Waals surface area contributed by atoms with Gasteiger partial charge in [0.15, 0.2) is 17.9 Å². The number of fused-ring (bicyclic) bond motifs is 2. The molecule has 18 atom stereocenters. The lowest BCUT2D eigenvalue weighted by Crippen LogP contribution is -2.61. The highest BCUT2D eigenvalue weighted by molar-refractivity contribution is 5.97. The minimum Gasteiger partial charge on any atom is -0.481 e. The maximum Gasteiger partial charge on any atom is 0.313 e. The predicted molar refractivity (Wildman–Crippen MR) is 292 cm³/mol. The molecule has 20 nitrogen and oxygen atoms in total. The van der Waals surface area contributed by atoms with Crippen LogP contribution in [-0.2, 0) is 38.1 Å². The third-order valence-electron chi connectivity index (χ3n) is 14.4. The van der Waals surface area contributed by atoms with Gasteiger partial charge in [-0.2, -0.15) is 0 Å². The Balaban J connectivity index is 1.54. The molecule has 3 aliphatic heterocycles. The lowest BCUT2D eigenvalue weighted by Gasteiger charge is -2.45. The quantitative estimate of drug-likeness (QED) is 0.0687.